The highest BCUT2D eigenvalue weighted by atomic mass is 35.5. The summed E-state index contributed by atoms with van der Waals surface area (Å²) in [6, 6.07) is 5.63. The summed E-state index contributed by atoms with van der Waals surface area (Å²) in [5.41, 5.74) is 0.914. The molecule has 0 saturated heterocycles. The topological polar surface area (TPSA) is 122 Å². The van der Waals surface area contributed by atoms with Crippen LogP contribution in [-0.4, -0.2) is 82.8 Å². The SMILES string of the molecule is CN(C)CCC1CN(C)C(=S)c2cc(Cl)ccc2O1.O.O=C(O)C(=O)O. The van der Waals surface area contributed by atoms with E-state index in [4.69, 9.17) is 48.4 Å². The lowest BCUT2D eigenvalue weighted by Crippen LogP contribution is -2.35. The molecule has 10 heteroatoms. The predicted molar refractivity (Wildman–Crippen MR) is 102 cm³/mol. The van der Waals surface area contributed by atoms with Gasteiger partial charge < -0.3 is 30.2 Å². The molecule has 146 valence electrons. The first-order valence-corrected chi connectivity index (χ1v) is 8.23. The number of likely N-dealkylation sites (N-methyl/N-ethyl adjacent to an activating group) is 1. The van der Waals surface area contributed by atoms with Crippen LogP contribution in [0.4, 0.5) is 0 Å². The molecule has 0 aromatic heterocycles. The lowest BCUT2D eigenvalue weighted by molar-refractivity contribution is -0.159. The van der Waals surface area contributed by atoms with E-state index < -0.39 is 11.9 Å². The number of carboxylic acids is 2. The largest absolute Gasteiger partial charge is 0.488 e. The number of ether oxygens (including phenoxy) is 1. The molecule has 1 aliphatic heterocycles. The summed E-state index contributed by atoms with van der Waals surface area (Å²) in [6.45, 7) is 1.80. The molecule has 0 radical (unpaired) electrons. The number of carbonyl (C=O) groups is 2. The van der Waals surface area contributed by atoms with E-state index in [1.54, 1.807) is 0 Å². The van der Waals surface area contributed by atoms with Gasteiger partial charge in [0.2, 0.25) is 0 Å². The summed E-state index contributed by atoms with van der Waals surface area (Å²) < 4.78 is 6.09. The van der Waals surface area contributed by atoms with Crippen molar-refractivity contribution in [1.29, 1.82) is 0 Å². The van der Waals surface area contributed by atoms with Crippen LogP contribution in [0.25, 0.3) is 0 Å². The van der Waals surface area contributed by atoms with Gasteiger partial charge in [-0.05, 0) is 38.7 Å². The van der Waals surface area contributed by atoms with Crippen molar-refractivity contribution in [2.75, 3.05) is 34.2 Å². The molecule has 1 heterocycles. The Kier molecular flexibility index (Phi) is 10.1. The second-order valence-electron chi connectivity index (χ2n) is 5.77. The molecule has 0 saturated carbocycles. The van der Waals surface area contributed by atoms with Crippen LogP contribution >= 0.6 is 23.8 Å². The van der Waals surface area contributed by atoms with Crippen molar-refractivity contribution in [3.8, 4) is 5.75 Å². The van der Waals surface area contributed by atoms with Gasteiger partial charge in [-0.15, -0.1) is 0 Å². The number of thiocarbonyl (C=S) groups is 1. The van der Waals surface area contributed by atoms with Crippen molar-refractivity contribution in [2.24, 2.45) is 0 Å². The Labute approximate surface area is 162 Å². The molecule has 1 atom stereocenters. The van der Waals surface area contributed by atoms with Crippen LogP contribution in [-0.2, 0) is 9.59 Å². The number of hydrogen-bond donors (Lipinski definition) is 2. The number of nitrogens with zero attached hydrogens (tertiary/aromatic N) is 2. The summed E-state index contributed by atoms with van der Waals surface area (Å²) in [5, 5.41) is 15.5. The Hall–Kier alpha value is -1.94. The number of carboxylic acid groups (broad SMARTS) is 2. The van der Waals surface area contributed by atoms with E-state index in [1.165, 1.54) is 0 Å². The molecule has 26 heavy (non-hydrogen) atoms. The Balaban J connectivity index is 0.000000777. The smallest absolute Gasteiger partial charge is 0.414 e. The van der Waals surface area contributed by atoms with E-state index in [-0.39, 0.29) is 11.6 Å². The third-order valence-electron chi connectivity index (χ3n) is 3.37. The number of hydrogen-bond acceptors (Lipinski definition) is 5. The first-order chi connectivity index (χ1) is 11.6. The third-order valence-corrected chi connectivity index (χ3v) is 4.14. The number of rotatable bonds is 3. The van der Waals surface area contributed by atoms with Crippen molar-refractivity contribution < 1.29 is 30.0 Å². The van der Waals surface area contributed by atoms with Crippen LogP contribution in [0.3, 0.4) is 0 Å². The van der Waals surface area contributed by atoms with Crippen molar-refractivity contribution in [1.82, 2.24) is 9.80 Å². The van der Waals surface area contributed by atoms with Gasteiger partial charge in [0, 0.05) is 18.6 Å². The van der Waals surface area contributed by atoms with Gasteiger partial charge in [-0.25, -0.2) is 9.59 Å². The van der Waals surface area contributed by atoms with E-state index >= 15 is 0 Å². The molecular weight excluding hydrogens is 384 g/mol. The number of aliphatic carboxylic acids is 2. The Morgan fingerprint density at radius 1 is 1.35 bits per heavy atom. The molecule has 0 bridgehead atoms. The maximum absolute atomic E-state index is 9.10. The zero-order chi connectivity index (χ0) is 19.1. The van der Waals surface area contributed by atoms with Gasteiger partial charge in [0.15, 0.2) is 0 Å². The number of halogens is 1. The maximum atomic E-state index is 9.10. The molecule has 2 rings (SSSR count). The van der Waals surface area contributed by atoms with Crippen LogP contribution in [0.15, 0.2) is 18.2 Å². The summed E-state index contributed by atoms with van der Waals surface area (Å²) in [5.74, 6) is -2.81. The van der Waals surface area contributed by atoms with Crippen molar-refractivity contribution in [3.63, 3.8) is 0 Å². The molecule has 4 N–H and O–H groups in total. The highest BCUT2D eigenvalue weighted by molar-refractivity contribution is 7.80. The highest BCUT2D eigenvalue weighted by Crippen LogP contribution is 2.28. The maximum Gasteiger partial charge on any atom is 0.414 e. The molecule has 0 fully saturated rings. The predicted octanol–water partition coefficient (Wildman–Crippen LogP) is 0.991. The van der Waals surface area contributed by atoms with Gasteiger partial charge in [-0.2, -0.15) is 0 Å². The molecule has 1 aliphatic rings. The average Bonchev–Trinajstić information content (AvgIpc) is 2.64. The first-order valence-electron chi connectivity index (χ1n) is 7.44. The second kappa shape index (κ2) is 10.9. The first kappa shape index (κ1) is 24.1. The Bertz CT molecular complexity index is 644. The summed E-state index contributed by atoms with van der Waals surface area (Å²) >= 11 is 11.5. The van der Waals surface area contributed by atoms with Gasteiger partial charge >= 0.3 is 11.9 Å². The molecule has 0 aliphatic carbocycles. The standard InChI is InChI=1S/C14H19ClN2OS.C2H2O4.H2O/c1-16(2)7-6-11-9-17(3)14(19)12-8-10(15)4-5-13(12)18-11;3-1(4)2(5)6;/h4-5,8,11H,6-7,9H2,1-3H3;(H,3,4)(H,5,6);1H2. The van der Waals surface area contributed by atoms with Crippen LogP contribution in [0.1, 0.15) is 12.0 Å². The summed E-state index contributed by atoms with van der Waals surface area (Å²) in [4.78, 5) is 23.2. The van der Waals surface area contributed by atoms with Crippen LogP contribution < -0.4 is 4.74 Å². The van der Waals surface area contributed by atoms with E-state index in [2.05, 4.69) is 23.9 Å². The summed E-state index contributed by atoms with van der Waals surface area (Å²) in [6.07, 6.45) is 1.12. The van der Waals surface area contributed by atoms with Gasteiger partial charge in [-0.1, -0.05) is 23.8 Å². The van der Waals surface area contributed by atoms with Crippen LogP contribution in [0.5, 0.6) is 5.75 Å². The molecule has 0 amide bonds. The lowest BCUT2D eigenvalue weighted by Gasteiger charge is -2.22. The Morgan fingerprint density at radius 3 is 2.42 bits per heavy atom. The number of fused-ring (bicyclic) bond motifs is 1. The fraction of sp³-hybridized carbons (Fsp3) is 0.438. The van der Waals surface area contributed by atoms with Gasteiger partial charge in [0.1, 0.15) is 16.8 Å². The normalized spacial score (nSPS) is 15.7. The quantitative estimate of drug-likeness (QED) is 0.563. The monoisotopic (exact) mass is 406 g/mol. The highest BCUT2D eigenvalue weighted by Gasteiger charge is 2.24. The molecule has 1 unspecified atom stereocenters. The minimum Gasteiger partial charge on any atom is -0.488 e. The minimum atomic E-state index is -1.82. The number of benzene rings is 1. The fourth-order valence-corrected chi connectivity index (χ4v) is 2.54. The van der Waals surface area contributed by atoms with Crippen molar-refractivity contribution >= 4 is 40.7 Å². The van der Waals surface area contributed by atoms with E-state index in [0.29, 0.717) is 5.02 Å². The van der Waals surface area contributed by atoms with Crippen molar-refractivity contribution in [3.05, 3.63) is 28.8 Å². The van der Waals surface area contributed by atoms with Crippen LogP contribution in [0.2, 0.25) is 5.02 Å². The van der Waals surface area contributed by atoms with E-state index in [0.717, 1.165) is 35.8 Å². The van der Waals surface area contributed by atoms with Gasteiger partial charge in [0.05, 0.1) is 12.1 Å². The molecule has 1 aromatic rings. The van der Waals surface area contributed by atoms with Gasteiger partial charge in [-0.3, -0.25) is 0 Å². The summed E-state index contributed by atoms with van der Waals surface area (Å²) in [7, 11) is 6.14. The minimum absolute atomic E-state index is 0. The van der Waals surface area contributed by atoms with Gasteiger partial charge in [0.25, 0.3) is 0 Å². The zero-order valence-electron chi connectivity index (χ0n) is 14.7. The fourth-order valence-electron chi connectivity index (χ4n) is 2.14. The molecular formula is C16H23ClN2O6S. The van der Waals surface area contributed by atoms with E-state index in [1.807, 2.05) is 25.2 Å². The second-order valence-corrected chi connectivity index (χ2v) is 6.59. The van der Waals surface area contributed by atoms with E-state index in [9.17, 15) is 0 Å². The zero-order valence-corrected chi connectivity index (χ0v) is 16.3. The molecule has 8 nitrogen and oxygen atoms in total. The van der Waals surface area contributed by atoms with Crippen LogP contribution in [0, 0.1) is 0 Å². The average molecular weight is 407 g/mol. The molecule has 1 aromatic carbocycles. The molecule has 0 spiro atoms. The Morgan fingerprint density at radius 2 is 1.92 bits per heavy atom. The van der Waals surface area contributed by atoms with Crippen molar-refractivity contribution in [2.45, 2.75) is 12.5 Å². The third kappa shape index (κ3) is 7.52. The lowest BCUT2D eigenvalue weighted by atomic mass is 10.2.